The number of aromatic carboxylic acids is 1. The fourth-order valence-corrected chi connectivity index (χ4v) is 0.619. The van der Waals surface area contributed by atoms with Gasteiger partial charge >= 0.3 is 29.6 Å². The van der Waals surface area contributed by atoms with Crippen LogP contribution >= 0.6 is 0 Å². The van der Waals surface area contributed by atoms with E-state index in [1.807, 2.05) is 0 Å². The number of hydrogen-bond donors (Lipinski definition) is 1. The topological polar surface area (TPSA) is 66.2 Å². The molecule has 1 aromatic carbocycles. The Balaban J connectivity index is 0.000001000. The summed E-state index contributed by atoms with van der Waals surface area (Å²) >= 11 is 0. The van der Waals surface area contributed by atoms with Crippen LogP contribution in [0.5, 0.6) is 0 Å². The molecule has 3 nitrogen and oxygen atoms in total. The number of carboxylic acids is 1. The minimum Gasteiger partial charge on any atom is -0.545 e. The second-order valence-electron chi connectivity index (χ2n) is 1.91. The van der Waals surface area contributed by atoms with Crippen LogP contribution in [0.15, 0.2) is 24.3 Å². The molecule has 11 heavy (non-hydrogen) atoms. The molecule has 0 bridgehead atoms. The van der Waals surface area contributed by atoms with Gasteiger partial charge in [-0.1, -0.05) is 12.1 Å². The van der Waals surface area contributed by atoms with Gasteiger partial charge in [0.05, 0.1) is 5.97 Å². The maximum atomic E-state index is 10.2. The summed E-state index contributed by atoms with van der Waals surface area (Å²) in [6.07, 6.45) is 0. The second kappa shape index (κ2) is 4.38. The molecule has 0 saturated carbocycles. The zero-order valence-corrected chi connectivity index (χ0v) is 8.20. The molecule has 0 unspecified atom stereocenters. The molecule has 0 aliphatic rings. The van der Waals surface area contributed by atoms with E-state index in [1.165, 1.54) is 24.3 Å². The molecule has 0 aliphatic carbocycles. The van der Waals surface area contributed by atoms with Crippen molar-refractivity contribution in [2.75, 3.05) is 5.73 Å². The van der Waals surface area contributed by atoms with Gasteiger partial charge in [0.2, 0.25) is 0 Å². The van der Waals surface area contributed by atoms with Gasteiger partial charge in [0.25, 0.3) is 0 Å². The van der Waals surface area contributed by atoms with Crippen molar-refractivity contribution < 1.29 is 39.5 Å². The molecular weight excluding hydrogens is 153 g/mol. The third kappa shape index (κ3) is 2.93. The predicted octanol–water partition coefficient (Wildman–Crippen LogP) is -3.36. The molecule has 0 heterocycles. The van der Waals surface area contributed by atoms with Gasteiger partial charge in [0.15, 0.2) is 0 Å². The van der Waals surface area contributed by atoms with Crippen LogP contribution in [0.4, 0.5) is 5.69 Å². The average Bonchev–Trinajstić information content (AvgIpc) is 1.88. The molecule has 4 heteroatoms. The van der Waals surface area contributed by atoms with E-state index in [9.17, 15) is 9.90 Å². The van der Waals surface area contributed by atoms with E-state index in [2.05, 4.69) is 0 Å². The van der Waals surface area contributed by atoms with Crippen molar-refractivity contribution in [1.82, 2.24) is 0 Å². The van der Waals surface area contributed by atoms with E-state index in [1.54, 1.807) is 0 Å². The number of nitrogens with two attached hydrogens (primary N) is 1. The largest absolute Gasteiger partial charge is 1.00 e. The first kappa shape index (κ1) is 10.5. The minimum absolute atomic E-state index is 0. The zero-order chi connectivity index (χ0) is 7.56. The van der Waals surface area contributed by atoms with Crippen molar-refractivity contribution in [2.45, 2.75) is 0 Å². The van der Waals surface area contributed by atoms with Crippen LogP contribution in [0.2, 0.25) is 0 Å². The normalized spacial score (nSPS) is 8.36. The summed E-state index contributed by atoms with van der Waals surface area (Å²) in [5.74, 6) is -1.18. The number of hydrogen-bond acceptors (Lipinski definition) is 3. The Morgan fingerprint density at radius 3 is 2.09 bits per heavy atom. The fourth-order valence-electron chi connectivity index (χ4n) is 0.619. The van der Waals surface area contributed by atoms with E-state index in [4.69, 9.17) is 5.73 Å². The number of benzene rings is 1. The standard InChI is InChI=1S/C7H7NO2.Na/c8-6-3-1-5(2-4-6)7(9)10;/h1-4H,8H2,(H,9,10);/q;+1/p-1. The molecule has 0 radical (unpaired) electrons. The molecular formula is C7H6NNaO2. The fraction of sp³-hybridized carbons (Fsp3) is 0. The number of carbonyl (C=O) groups excluding carboxylic acids is 1. The van der Waals surface area contributed by atoms with Crippen LogP contribution in [0, 0.1) is 0 Å². The van der Waals surface area contributed by atoms with Gasteiger partial charge in [-0.15, -0.1) is 0 Å². The Morgan fingerprint density at radius 2 is 1.73 bits per heavy atom. The van der Waals surface area contributed by atoms with Crippen LogP contribution in [-0.4, -0.2) is 5.97 Å². The molecule has 1 aromatic rings. The third-order valence-corrected chi connectivity index (χ3v) is 1.15. The van der Waals surface area contributed by atoms with Gasteiger partial charge in [0.1, 0.15) is 0 Å². The van der Waals surface area contributed by atoms with Gasteiger partial charge in [-0.05, 0) is 17.7 Å². The van der Waals surface area contributed by atoms with Crippen LogP contribution < -0.4 is 40.4 Å². The molecule has 0 atom stereocenters. The van der Waals surface area contributed by atoms with E-state index in [-0.39, 0.29) is 35.1 Å². The summed E-state index contributed by atoms with van der Waals surface area (Å²) in [6, 6.07) is 5.85. The molecule has 0 spiro atoms. The average molecular weight is 159 g/mol. The van der Waals surface area contributed by atoms with Crippen molar-refractivity contribution in [3.05, 3.63) is 29.8 Å². The SMILES string of the molecule is Nc1ccc(C(=O)[O-])cc1.[Na+]. The van der Waals surface area contributed by atoms with Crippen LogP contribution in [0.25, 0.3) is 0 Å². The van der Waals surface area contributed by atoms with Gasteiger partial charge in [0, 0.05) is 5.69 Å². The molecule has 0 amide bonds. The first-order chi connectivity index (χ1) is 4.70. The smallest absolute Gasteiger partial charge is 0.545 e. The Hall–Kier alpha value is -0.510. The van der Waals surface area contributed by atoms with Gasteiger partial charge in [-0.2, -0.15) is 0 Å². The Labute approximate surface area is 86.5 Å². The number of carbonyl (C=O) groups is 1. The number of carboxylic acid groups (broad SMARTS) is 1. The number of rotatable bonds is 1. The van der Waals surface area contributed by atoms with E-state index in [0.717, 1.165) is 0 Å². The summed E-state index contributed by atoms with van der Waals surface area (Å²) in [7, 11) is 0. The van der Waals surface area contributed by atoms with E-state index >= 15 is 0 Å². The van der Waals surface area contributed by atoms with Crippen molar-refractivity contribution in [3.63, 3.8) is 0 Å². The minimum atomic E-state index is -1.18. The first-order valence-corrected chi connectivity index (χ1v) is 2.77. The number of nitrogen functional groups attached to an aromatic ring is 1. The molecule has 0 fully saturated rings. The Morgan fingerprint density at radius 1 is 1.27 bits per heavy atom. The van der Waals surface area contributed by atoms with Crippen LogP contribution in [-0.2, 0) is 0 Å². The summed E-state index contributed by atoms with van der Waals surface area (Å²) in [5.41, 5.74) is 6.01. The quantitative estimate of drug-likeness (QED) is 0.343. The molecule has 0 aliphatic heterocycles. The third-order valence-electron chi connectivity index (χ3n) is 1.15. The van der Waals surface area contributed by atoms with E-state index < -0.39 is 5.97 Å². The maximum Gasteiger partial charge on any atom is 1.00 e. The second-order valence-corrected chi connectivity index (χ2v) is 1.91. The van der Waals surface area contributed by atoms with Crippen LogP contribution in [0.1, 0.15) is 10.4 Å². The van der Waals surface area contributed by atoms with Crippen molar-refractivity contribution >= 4 is 11.7 Å². The Kier molecular flexibility index (Phi) is 4.18. The summed E-state index contributed by atoms with van der Waals surface area (Å²) in [6.45, 7) is 0. The molecule has 2 N–H and O–H groups in total. The molecule has 52 valence electrons. The maximum absolute atomic E-state index is 10.2. The molecule has 1 rings (SSSR count). The monoisotopic (exact) mass is 159 g/mol. The van der Waals surface area contributed by atoms with Crippen LogP contribution in [0.3, 0.4) is 0 Å². The molecule has 0 saturated heterocycles. The van der Waals surface area contributed by atoms with Gasteiger partial charge in [-0.3, -0.25) is 0 Å². The summed E-state index contributed by atoms with van der Waals surface area (Å²) in [5, 5.41) is 10.2. The Bertz CT molecular complexity index is 245. The van der Waals surface area contributed by atoms with E-state index in [0.29, 0.717) is 5.69 Å². The van der Waals surface area contributed by atoms with Gasteiger partial charge < -0.3 is 15.6 Å². The number of anilines is 1. The van der Waals surface area contributed by atoms with Crippen molar-refractivity contribution in [2.24, 2.45) is 0 Å². The zero-order valence-electron chi connectivity index (χ0n) is 6.20. The summed E-state index contributed by atoms with van der Waals surface area (Å²) in [4.78, 5) is 10.2. The van der Waals surface area contributed by atoms with Crippen molar-refractivity contribution in [3.8, 4) is 0 Å². The van der Waals surface area contributed by atoms with Gasteiger partial charge in [-0.25, -0.2) is 0 Å². The van der Waals surface area contributed by atoms with Crippen molar-refractivity contribution in [1.29, 1.82) is 0 Å². The first-order valence-electron chi connectivity index (χ1n) is 2.77. The predicted molar refractivity (Wildman–Crippen MR) is 35.2 cm³/mol. The molecule has 0 aromatic heterocycles. The summed E-state index contributed by atoms with van der Waals surface area (Å²) < 4.78 is 0.